The van der Waals surface area contributed by atoms with E-state index in [9.17, 15) is 10.1 Å². The number of nitriles is 1. The zero-order valence-corrected chi connectivity index (χ0v) is 24.4. The molecule has 0 unspecified atom stereocenters. The van der Waals surface area contributed by atoms with Gasteiger partial charge in [0.1, 0.15) is 36.4 Å². The van der Waals surface area contributed by atoms with Crippen molar-refractivity contribution < 1.29 is 14.3 Å². The molecule has 6 heteroatoms. The highest BCUT2D eigenvalue weighted by atomic mass is 35.5. The van der Waals surface area contributed by atoms with Gasteiger partial charge in [0, 0.05) is 21.8 Å². The number of anilines is 1. The van der Waals surface area contributed by atoms with Crippen LogP contribution < -0.4 is 14.8 Å². The number of amides is 1. The summed E-state index contributed by atoms with van der Waals surface area (Å²) in [4.78, 5) is 13.3. The summed E-state index contributed by atoms with van der Waals surface area (Å²) in [7, 11) is 0. The largest absolute Gasteiger partial charge is 0.489 e. The Labute approximate surface area is 260 Å². The molecule has 0 aliphatic heterocycles. The van der Waals surface area contributed by atoms with Gasteiger partial charge in [-0.25, -0.2) is 0 Å². The molecule has 1 N–H and O–H groups in total. The Bertz CT molecular complexity index is 2040. The van der Waals surface area contributed by atoms with Crippen LogP contribution in [0.1, 0.15) is 16.7 Å². The molecule has 0 spiro atoms. The molecule has 0 saturated heterocycles. The smallest absolute Gasteiger partial charge is 0.266 e. The SMILES string of the molecule is N#C/C(=C\c1c(OCc2cccc3ccccc23)ccc2ccccc12)C(=O)Nc1ccc(OCc2ccccc2Cl)cc1. The summed E-state index contributed by atoms with van der Waals surface area (Å²) in [6.45, 7) is 0.655. The van der Waals surface area contributed by atoms with Crippen LogP contribution >= 0.6 is 11.6 Å². The molecule has 0 fully saturated rings. The predicted octanol–water partition coefficient (Wildman–Crippen LogP) is 9.35. The molecule has 0 radical (unpaired) electrons. The number of benzene rings is 6. The van der Waals surface area contributed by atoms with E-state index in [1.807, 2.05) is 84.9 Å². The number of fused-ring (bicyclic) bond motifs is 2. The molecule has 1 amide bonds. The molecule has 6 aromatic carbocycles. The molecule has 6 rings (SSSR count). The third kappa shape index (κ3) is 6.42. The highest BCUT2D eigenvalue weighted by Crippen LogP contribution is 2.32. The Morgan fingerprint density at radius 2 is 1.34 bits per heavy atom. The molecule has 0 bridgehead atoms. The van der Waals surface area contributed by atoms with Crippen LogP contribution in [-0.2, 0) is 18.0 Å². The Morgan fingerprint density at radius 1 is 0.705 bits per heavy atom. The zero-order valence-electron chi connectivity index (χ0n) is 23.7. The second-order valence-electron chi connectivity index (χ2n) is 10.2. The molecule has 5 nitrogen and oxygen atoms in total. The summed E-state index contributed by atoms with van der Waals surface area (Å²) in [5.74, 6) is 0.685. The fourth-order valence-electron chi connectivity index (χ4n) is 5.03. The average Bonchev–Trinajstić information content (AvgIpc) is 3.06. The van der Waals surface area contributed by atoms with E-state index in [1.165, 1.54) is 0 Å². The van der Waals surface area contributed by atoms with Gasteiger partial charge in [0.2, 0.25) is 0 Å². The van der Waals surface area contributed by atoms with E-state index in [0.29, 0.717) is 41.0 Å². The number of rotatable bonds is 9. The summed E-state index contributed by atoms with van der Waals surface area (Å²) < 4.78 is 12.2. The van der Waals surface area contributed by atoms with Crippen molar-refractivity contribution in [3.05, 3.63) is 155 Å². The van der Waals surface area contributed by atoms with Crippen LogP contribution in [0.4, 0.5) is 5.69 Å². The first-order valence-corrected chi connectivity index (χ1v) is 14.5. The highest BCUT2D eigenvalue weighted by molar-refractivity contribution is 6.31. The average molecular weight is 595 g/mol. The maximum atomic E-state index is 13.3. The molecule has 44 heavy (non-hydrogen) atoms. The first kappa shape index (κ1) is 28.5. The van der Waals surface area contributed by atoms with Crippen molar-refractivity contribution in [3.63, 3.8) is 0 Å². The van der Waals surface area contributed by atoms with Crippen LogP contribution in [-0.4, -0.2) is 5.91 Å². The Morgan fingerprint density at radius 3 is 2.11 bits per heavy atom. The van der Waals surface area contributed by atoms with Crippen molar-refractivity contribution in [1.82, 2.24) is 0 Å². The molecule has 0 atom stereocenters. The van der Waals surface area contributed by atoms with Gasteiger partial charge in [0.25, 0.3) is 5.91 Å². The van der Waals surface area contributed by atoms with Crippen LogP contribution in [0.2, 0.25) is 5.02 Å². The minimum absolute atomic E-state index is 0.0459. The van der Waals surface area contributed by atoms with Gasteiger partial charge < -0.3 is 14.8 Å². The zero-order chi connectivity index (χ0) is 30.3. The topological polar surface area (TPSA) is 71.3 Å². The normalized spacial score (nSPS) is 11.2. The second kappa shape index (κ2) is 13.2. The lowest BCUT2D eigenvalue weighted by molar-refractivity contribution is -0.112. The lowest BCUT2D eigenvalue weighted by Gasteiger charge is -2.14. The lowest BCUT2D eigenvalue weighted by atomic mass is 10.0. The monoisotopic (exact) mass is 594 g/mol. The first-order chi connectivity index (χ1) is 21.6. The number of ether oxygens (including phenoxy) is 2. The van der Waals surface area contributed by atoms with Gasteiger partial charge in [-0.3, -0.25) is 4.79 Å². The number of hydrogen-bond acceptors (Lipinski definition) is 4. The quantitative estimate of drug-likeness (QED) is 0.134. The van der Waals surface area contributed by atoms with E-state index in [-0.39, 0.29) is 5.57 Å². The lowest BCUT2D eigenvalue weighted by Crippen LogP contribution is -2.13. The maximum Gasteiger partial charge on any atom is 0.266 e. The summed E-state index contributed by atoms with van der Waals surface area (Å²) in [5, 5.41) is 17.6. The Kier molecular flexibility index (Phi) is 8.54. The predicted molar refractivity (Wildman–Crippen MR) is 177 cm³/mol. The van der Waals surface area contributed by atoms with Gasteiger partial charge in [0.15, 0.2) is 0 Å². The standard InChI is InChI=1S/C38H27ClN2O3/c39-36-15-6-3-10-29(36)25-43-32-19-17-31(18-20-32)41-38(42)30(23-40)22-35-34-14-5-2-9-27(34)16-21-37(35)44-24-28-12-7-11-26-8-1-4-13-33(26)28/h1-22H,24-25H2,(H,41,42)/b30-22+. The third-order valence-electron chi connectivity index (χ3n) is 7.31. The summed E-state index contributed by atoms with van der Waals surface area (Å²) in [6.07, 6.45) is 1.59. The van der Waals surface area contributed by atoms with Crippen LogP contribution in [0.15, 0.2) is 133 Å². The van der Waals surface area contributed by atoms with Crippen molar-refractivity contribution in [2.24, 2.45) is 0 Å². The summed E-state index contributed by atoms with van der Waals surface area (Å²) in [5.41, 5.74) is 3.08. The summed E-state index contributed by atoms with van der Waals surface area (Å²) >= 11 is 6.22. The molecule has 0 saturated carbocycles. The van der Waals surface area contributed by atoms with Gasteiger partial charge in [0.05, 0.1) is 0 Å². The van der Waals surface area contributed by atoms with E-state index < -0.39 is 5.91 Å². The van der Waals surface area contributed by atoms with Crippen molar-refractivity contribution >= 4 is 50.8 Å². The third-order valence-corrected chi connectivity index (χ3v) is 7.68. The molecular weight excluding hydrogens is 568 g/mol. The van der Waals surface area contributed by atoms with E-state index in [1.54, 1.807) is 30.3 Å². The van der Waals surface area contributed by atoms with E-state index in [2.05, 4.69) is 29.6 Å². The fraction of sp³-hybridized carbons (Fsp3) is 0.0526. The van der Waals surface area contributed by atoms with E-state index in [4.69, 9.17) is 21.1 Å². The highest BCUT2D eigenvalue weighted by Gasteiger charge is 2.15. The van der Waals surface area contributed by atoms with Gasteiger partial charge in [-0.2, -0.15) is 5.26 Å². The minimum atomic E-state index is -0.523. The Hall–Kier alpha value is -5.57. The molecule has 0 heterocycles. The molecule has 0 aromatic heterocycles. The van der Waals surface area contributed by atoms with E-state index in [0.717, 1.165) is 32.7 Å². The van der Waals surface area contributed by atoms with Crippen molar-refractivity contribution in [1.29, 1.82) is 5.26 Å². The molecule has 214 valence electrons. The second-order valence-corrected chi connectivity index (χ2v) is 10.6. The maximum absolute atomic E-state index is 13.3. The van der Waals surface area contributed by atoms with Crippen molar-refractivity contribution in [2.45, 2.75) is 13.2 Å². The molecular formula is C38H27ClN2O3. The molecule has 6 aromatic rings. The van der Waals surface area contributed by atoms with Gasteiger partial charge in [-0.1, -0.05) is 103 Å². The first-order valence-electron chi connectivity index (χ1n) is 14.1. The number of carbonyl (C=O) groups excluding carboxylic acids is 1. The van der Waals surface area contributed by atoms with Crippen LogP contribution in [0.5, 0.6) is 11.5 Å². The minimum Gasteiger partial charge on any atom is -0.489 e. The van der Waals surface area contributed by atoms with Gasteiger partial charge in [-0.15, -0.1) is 0 Å². The number of carbonyl (C=O) groups is 1. The Balaban J connectivity index is 1.22. The number of nitrogens with zero attached hydrogens (tertiary/aromatic N) is 1. The van der Waals surface area contributed by atoms with Gasteiger partial charge in [-0.05, 0) is 69.6 Å². The van der Waals surface area contributed by atoms with Crippen molar-refractivity contribution in [3.8, 4) is 17.6 Å². The van der Waals surface area contributed by atoms with Crippen molar-refractivity contribution in [2.75, 3.05) is 5.32 Å². The van der Waals surface area contributed by atoms with Crippen LogP contribution in [0, 0.1) is 11.3 Å². The fourth-order valence-corrected chi connectivity index (χ4v) is 5.22. The van der Waals surface area contributed by atoms with E-state index >= 15 is 0 Å². The van der Waals surface area contributed by atoms with Crippen LogP contribution in [0.3, 0.4) is 0 Å². The van der Waals surface area contributed by atoms with Gasteiger partial charge >= 0.3 is 0 Å². The number of hydrogen-bond donors (Lipinski definition) is 1. The molecule has 0 aliphatic rings. The number of nitrogens with one attached hydrogen (secondary N) is 1. The summed E-state index contributed by atoms with van der Waals surface area (Å²) in [6, 6.07) is 42.5. The molecule has 0 aliphatic carbocycles. The number of halogens is 1. The van der Waals surface area contributed by atoms with Crippen LogP contribution in [0.25, 0.3) is 27.6 Å².